The van der Waals surface area contributed by atoms with Gasteiger partial charge in [0.1, 0.15) is 18.1 Å². The first kappa shape index (κ1) is 21.2. The molecule has 0 bridgehead atoms. The molecule has 0 aliphatic rings. The number of hydrogen-bond donors (Lipinski definition) is 0. The molecular weight excluding hydrogens is 426 g/mol. The molecule has 0 radical (unpaired) electrons. The SMILES string of the molecule is O=C(/C=C/c1ccc(COc2c(F)c(F)cc(F)c2F)o1)c1cccc(-n2cccc2)c1. The minimum atomic E-state index is -1.64. The molecule has 0 aliphatic heterocycles. The van der Waals surface area contributed by atoms with Gasteiger partial charge in [-0.2, -0.15) is 8.78 Å². The summed E-state index contributed by atoms with van der Waals surface area (Å²) < 4.78 is 65.9. The summed E-state index contributed by atoms with van der Waals surface area (Å²) in [5, 5.41) is 0. The first-order chi connectivity index (χ1) is 15.4. The molecule has 4 nitrogen and oxygen atoms in total. The van der Waals surface area contributed by atoms with Gasteiger partial charge in [0.15, 0.2) is 23.2 Å². The van der Waals surface area contributed by atoms with Gasteiger partial charge in [-0.15, -0.1) is 0 Å². The maximum Gasteiger partial charge on any atom is 0.203 e. The molecule has 0 spiro atoms. The number of halogens is 4. The van der Waals surface area contributed by atoms with Gasteiger partial charge in [-0.3, -0.25) is 4.79 Å². The van der Waals surface area contributed by atoms with E-state index in [2.05, 4.69) is 0 Å². The van der Waals surface area contributed by atoms with Crippen LogP contribution in [0.15, 0.2) is 77.5 Å². The minimum absolute atomic E-state index is 0.0958. The Kier molecular flexibility index (Phi) is 5.93. The number of allylic oxidation sites excluding steroid dienone is 1. The lowest BCUT2D eigenvalue weighted by Crippen LogP contribution is -2.03. The van der Waals surface area contributed by atoms with Crippen LogP contribution in [0.5, 0.6) is 5.75 Å². The fraction of sp³-hybridized carbons (Fsp3) is 0.0417. The van der Waals surface area contributed by atoms with E-state index in [4.69, 9.17) is 9.15 Å². The van der Waals surface area contributed by atoms with Gasteiger partial charge in [0.25, 0.3) is 0 Å². The number of benzene rings is 2. The molecule has 4 rings (SSSR count). The van der Waals surface area contributed by atoms with Crippen LogP contribution < -0.4 is 4.74 Å². The van der Waals surface area contributed by atoms with E-state index in [1.165, 1.54) is 24.3 Å². The summed E-state index contributed by atoms with van der Waals surface area (Å²) in [4.78, 5) is 12.5. The zero-order valence-electron chi connectivity index (χ0n) is 16.4. The van der Waals surface area contributed by atoms with Crippen LogP contribution >= 0.6 is 0 Å². The molecule has 2 aromatic heterocycles. The van der Waals surface area contributed by atoms with Gasteiger partial charge in [-0.25, -0.2) is 8.78 Å². The summed E-state index contributed by atoms with van der Waals surface area (Å²) in [6.07, 6.45) is 6.47. The Hall–Kier alpha value is -4.07. The maximum atomic E-state index is 13.7. The molecule has 0 saturated carbocycles. The average molecular weight is 441 g/mol. The van der Waals surface area contributed by atoms with Crippen LogP contribution in [0.25, 0.3) is 11.8 Å². The zero-order chi connectivity index (χ0) is 22.7. The number of aromatic nitrogens is 1. The van der Waals surface area contributed by atoms with E-state index in [0.717, 1.165) is 5.69 Å². The van der Waals surface area contributed by atoms with Crippen LogP contribution in [0.2, 0.25) is 0 Å². The smallest absolute Gasteiger partial charge is 0.203 e. The second-order valence-electron chi connectivity index (χ2n) is 6.73. The van der Waals surface area contributed by atoms with Gasteiger partial charge in [0, 0.05) is 29.7 Å². The second kappa shape index (κ2) is 8.97. The second-order valence-corrected chi connectivity index (χ2v) is 6.73. The van der Waals surface area contributed by atoms with Crippen molar-refractivity contribution >= 4 is 11.9 Å². The van der Waals surface area contributed by atoms with Crippen molar-refractivity contribution in [2.24, 2.45) is 0 Å². The van der Waals surface area contributed by atoms with Gasteiger partial charge >= 0.3 is 0 Å². The summed E-state index contributed by atoms with van der Waals surface area (Å²) in [7, 11) is 0. The van der Waals surface area contributed by atoms with Crippen LogP contribution in [0.1, 0.15) is 21.9 Å². The highest BCUT2D eigenvalue weighted by Crippen LogP contribution is 2.27. The predicted molar refractivity (Wildman–Crippen MR) is 108 cm³/mol. The van der Waals surface area contributed by atoms with E-state index in [9.17, 15) is 22.4 Å². The van der Waals surface area contributed by atoms with Crippen molar-refractivity contribution in [3.8, 4) is 11.4 Å². The normalized spacial score (nSPS) is 11.2. The van der Waals surface area contributed by atoms with Crippen LogP contribution in [0.3, 0.4) is 0 Å². The summed E-state index contributed by atoms with van der Waals surface area (Å²) in [5.41, 5.74) is 1.31. The van der Waals surface area contributed by atoms with Gasteiger partial charge < -0.3 is 13.7 Å². The molecule has 0 saturated heterocycles. The van der Waals surface area contributed by atoms with Crippen LogP contribution in [-0.2, 0) is 6.61 Å². The third-order valence-corrected chi connectivity index (χ3v) is 4.54. The standard InChI is InChI=1S/C24H15F4NO3/c25-19-13-20(26)23(28)24(22(19)27)31-14-18-7-6-17(32-18)8-9-21(30)15-4-3-5-16(12-15)29-10-1-2-11-29/h1-13H,14H2/b9-8+. The number of carbonyl (C=O) groups excluding carboxylic acids is 1. The lowest BCUT2D eigenvalue weighted by molar-refractivity contribution is 0.104. The molecule has 162 valence electrons. The van der Waals surface area contributed by atoms with Crippen molar-refractivity contribution in [3.63, 3.8) is 0 Å². The van der Waals surface area contributed by atoms with Crippen LogP contribution in [0.4, 0.5) is 17.6 Å². The van der Waals surface area contributed by atoms with Crippen molar-refractivity contribution in [1.29, 1.82) is 0 Å². The average Bonchev–Trinajstić information content (AvgIpc) is 3.49. The first-order valence-electron chi connectivity index (χ1n) is 9.42. The fourth-order valence-electron chi connectivity index (χ4n) is 2.96. The van der Waals surface area contributed by atoms with E-state index >= 15 is 0 Å². The predicted octanol–water partition coefficient (Wildman–Crippen LogP) is 6.10. The van der Waals surface area contributed by atoms with Crippen molar-refractivity contribution in [1.82, 2.24) is 4.57 Å². The van der Waals surface area contributed by atoms with Crippen molar-refractivity contribution in [2.75, 3.05) is 0 Å². The van der Waals surface area contributed by atoms with Crippen molar-refractivity contribution in [3.05, 3.63) is 113 Å². The summed E-state index contributed by atoms with van der Waals surface area (Å²) in [6, 6.07) is 13.9. The number of ketones is 1. The minimum Gasteiger partial charge on any atom is -0.479 e. The molecule has 0 fully saturated rings. The van der Waals surface area contributed by atoms with E-state index in [1.807, 2.05) is 35.2 Å². The number of nitrogens with zero attached hydrogens (tertiary/aromatic N) is 1. The molecule has 0 N–H and O–H groups in total. The van der Waals surface area contributed by atoms with Crippen LogP contribution in [0, 0.1) is 23.3 Å². The molecule has 0 amide bonds. The number of rotatable bonds is 7. The highest BCUT2D eigenvalue weighted by molar-refractivity contribution is 6.06. The Labute approximate surface area is 180 Å². The van der Waals surface area contributed by atoms with Crippen molar-refractivity contribution < 1.29 is 31.5 Å². The van der Waals surface area contributed by atoms with Crippen molar-refractivity contribution in [2.45, 2.75) is 6.61 Å². The molecule has 2 heterocycles. The quantitative estimate of drug-likeness (QED) is 0.151. The Balaban J connectivity index is 1.43. The van der Waals surface area contributed by atoms with E-state index < -0.39 is 35.6 Å². The summed E-state index contributed by atoms with van der Waals surface area (Å²) in [6.45, 7) is -0.475. The zero-order valence-corrected chi connectivity index (χ0v) is 16.4. The monoisotopic (exact) mass is 441 g/mol. The number of furan rings is 1. The first-order valence-corrected chi connectivity index (χ1v) is 9.42. The number of ether oxygens (including phenoxy) is 1. The molecule has 0 atom stereocenters. The molecule has 2 aromatic carbocycles. The highest BCUT2D eigenvalue weighted by Gasteiger charge is 2.21. The van der Waals surface area contributed by atoms with Gasteiger partial charge in [0.2, 0.25) is 11.6 Å². The Morgan fingerprint density at radius 1 is 0.938 bits per heavy atom. The third kappa shape index (κ3) is 4.49. The third-order valence-electron chi connectivity index (χ3n) is 4.54. The van der Waals surface area contributed by atoms with Crippen LogP contribution in [-0.4, -0.2) is 10.4 Å². The molecule has 32 heavy (non-hydrogen) atoms. The Bertz CT molecular complexity index is 1270. The van der Waals surface area contributed by atoms with Gasteiger partial charge in [-0.05, 0) is 48.6 Å². The van der Waals surface area contributed by atoms with E-state index in [1.54, 1.807) is 18.2 Å². The summed E-state index contributed by atoms with van der Waals surface area (Å²) in [5.74, 6) is -7.42. The summed E-state index contributed by atoms with van der Waals surface area (Å²) >= 11 is 0. The number of hydrogen-bond acceptors (Lipinski definition) is 3. The van der Waals surface area contributed by atoms with E-state index in [0.29, 0.717) is 5.56 Å². The number of carbonyl (C=O) groups is 1. The molecule has 8 heteroatoms. The van der Waals surface area contributed by atoms with E-state index in [-0.39, 0.29) is 23.4 Å². The highest BCUT2D eigenvalue weighted by atomic mass is 19.2. The van der Waals surface area contributed by atoms with Gasteiger partial charge in [0.05, 0.1) is 0 Å². The lowest BCUT2D eigenvalue weighted by Gasteiger charge is -2.08. The topological polar surface area (TPSA) is 44.4 Å². The molecule has 4 aromatic rings. The fourth-order valence-corrected chi connectivity index (χ4v) is 2.96. The molecule has 0 unspecified atom stereocenters. The lowest BCUT2D eigenvalue weighted by atomic mass is 10.1. The maximum absolute atomic E-state index is 13.7. The Morgan fingerprint density at radius 3 is 2.38 bits per heavy atom. The Morgan fingerprint density at radius 2 is 1.66 bits per heavy atom. The largest absolute Gasteiger partial charge is 0.479 e. The molecule has 0 aliphatic carbocycles. The van der Waals surface area contributed by atoms with Gasteiger partial charge in [-0.1, -0.05) is 12.1 Å². The molecular formula is C24H15F4NO3.